The molecule has 64 valence electrons. The van der Waals surface area contributed by atoms with Gasteiger partial charge in [0.2, 0.25) is 0 Å². The van der Waals surface area contributed by atoms with Crippen molar-refractivity contribution in [3.63, 3.8) is 0 Å². The van der Waals surface area contributed by atoms with E-state index in [9.17, 15) is 0 Å². The molecule has 0 saturated carbocycles. The van der Waals surface area contributed by atoms with Gasteiger partial charge >= 0.3 is 0 Å². The molecular formula is C9H16O2. The summed E-state index contributed by atoms with van der Waals surface area (Å²) >= 11 is 0. The first-order valence-electron chi connectivity index (χ1n) is 3.84. The van der Waals surface area contributed by atoms with Crippen molar-refractivity contribution in [2.24, 2.45) is 11.8 Å². The standard InChI is InChI=1S/C9H16O2/c1-3-4-9(7-11)8(2)5-6-10/h4,8-11H,1,5-7H2,2H3. The molecule has 0 aliphatic rings. The van der Waals surface area contributed by atoms with Crippen LogP contribution in [0.25, 0.3) is 0 Å². The zero-order chi connectivity index (χ0) is 8.69. The third kappa shape index (κ3) is 3.99. The van der Waals surface area contributed by atoms with E-state index in [2.05, 4.69) is 12.3 Å². The van der Waals surface area contributed by atoms with Crippen molar-refractivity contribution in [2.75, 3.05) is 13.2 Å². The first-order chi connectivity index (χ1) is 5.26. The Kier molecular flexibility index (Phi) is 5.86. The normalized spacial score (nSPS) is 15.2. The molecule has 0 aliphatic carbocycles. The molecule has 0 aromatic carbocycles. The lowest BCUT2D eigenvalue weighted by molar-refractivity contribution is 0.185. The highest BCUT2D eigenvalue weighted by molar-refractivity contribution is 4.86. The van der Waals surface area contributed by atoms with Crippen molar-refractivity contribution in [1.82, 2.24) is 0 Å². The van der Waals surface area contributed by atoms with Crippen LogP contribution in [0.2, 0.25) is 0 Å². The van der Waals surface area contributed by atoms with E-state index < -0.39 is 0 Å². The predicted octanol–water partition coefficient (Wildman–Crippen LogP) is 0.954. The zero-order valence-electron chi connectivity index (χ0n) is 6.95. The van der Waals surface area contributed by atoms with Crippen molar-refractivity contribution in [2.45, 2.75) is 13.3 Å². The van der Waals surface area contributed by atoms with Crippen LogP contribution >= 0.6 is 0 Å². The second-order valence-corrected chi connectivity index (χ2v) is 2.71. The van der Waals surface area contributed by atoms with Crippen molar-refractivity contribution < 1.29 is 10.2 Å². The summed E-state index contributed by atoms with van der Waals surface area (Å²) in [5.41, 5.74) is 2.64. The van der Waals surface area contributed by atoms with Gasteiger partial charge in [0.05, 0.1) is 6.61 Å². The fourth-order valence-electron chi connectivity index (χ4n) is 0.966. The van der Waals surface area contributed by atoms with Crippen LogP contribution in [0.3, 0.4) is 0 Å². The first kappa shape index (κ1) is 10.4. The molecule has 0 radical (unpaired) electrons. The van der Waals surface area contributed by atoms with Gasteiger partial charge in [-0.3, -0.25) is 0 Å². The Morgan fingerprint density at radius 3 is 2.55 bits per heavy atom. The SMILES string of the molecule is C=C=CC(CO)C(C)CCO. The second-order valence-electron chi connectivity index (χ2n) is 2.71. The molecule has 2 unspecified atom stereocenters. The van der Waals surface area contributed by atoms with Crippen LogP contribution in [-0.2, 0) is 0 Å². The number of aliphatic hydroxyl groups is 2. The van der Waals surface area contributed by atoms with Crippen LogP contribution in [0.1, 0.15) is 13.3 Å². The van der Waals surface area contributed by atoms with Gasteiger partial charge in [0.25, 0.3) is 0 Å². The minimum absolute atomic E-state index is 0.0830. The van der Waals surface area contributed by atoms with E-state index in [1.54, 1.807) is 6.08 Å². The third-order valence-corrected chi connectivity index (χ3v) is 1.86. The van der Waals surface area contributed by atoms with Crippen molar-refractivity contribution >= 4 is 0 Å². The van der Waals surface area contributed by atoms with Crippen molar-refractivity contribution in [3.8, 4) is 0 Å². The van der Waals surface area contributed by atoms with Gasteiger partial charge in [0.1, 0.15) is 0 Å². The Bertz CT molecular complexity index is 136. The summed E-state index contributed by atoms with van der Waals surface area (Å²) in [6, 6.07) is 0. The molecule has 0 bridgehead atoms. The summed E-state index contributed by atoms with van der Waals surface area (Å²) in [6.07, 6.45) is 2.46. The summed E-state index contributed by atoms with van der Waals surface area (Å²) in [6.45, 7) is 5.70. The molecule has 2 nitrogen and oxygen atoms in total. The number of hydrogen-bond donors (Lipinski definition) is 2. The molecule has 2 heteroatoms. The average molecular weight is 156 g/mol. The van der Waals surface area contributed by atoms with Crippen LogP contribution in [0.15, 0.2) is 18.4 Å². The Hall–Kier alpha value is -0.560. The molecule has 2 N–H and O–H groups in total. The van der Waals surface area contributed by atoms with Crippen molar-refractivity contribution in [3.05, 3.63) is 18.4 Å². The van der Waals surface area contributed by atoms with Gasteiger partial charge in [-0.2, -0.15) is 0 Å². The first-order valence-corrected chi connectivity index (χ1v) is 3.84. The smallest absolute Gasteiger partial charge is 0.0502 e. The average Bonchev–Trinajstić information content (AvgIpc) is 2.00. The highest BCUT2D eigenvalue weighted by atomic mass is 16.3. The van der Waals surface area contributed by atoms with E-state index in [0.29, 0.717) is 12.3 Å². The van der Waals surface area contributed by atoms with E-state index in [-0.39, 0.29) is 19.1 Å². The fourth-order valence-corrected chi connectivity index (χ4v) is 0.966. The van der Waals surface area contributed by atoms with Gasteiger partial charge in [0, 0.05) is 12.5 Å². The summed E-state index contributed by atoms with van der Waals surface area (Å²) in [7, 11) is 0. The number of aliphatic hydroxyl groups excluding tert-OH is 2. The molecule has 0 aromatic heterocycles. The second kappa shape index (κ2) is 6.17. The molecule has 0 amide bonds. The minimum Gasteiger partial charge on any atom is -0.396 e. The molecule has 0 saturated heterocycles. The number of hydrogen-bond acceptors (Lipinski definition) is 2. The molecule has 2 atom stereocenters. The lowest BCUT2D eigenvalue weighted by Gasteiger charge is -2.16. The van der Waals surface area contributed by atoms with Crippen LogP contribution in [-0.4, -0.2) is 23.4 Å². The van der Waals surface area contributed by atoms with Gasteiger partial charge in [-0.15, -0.1) is 5.73 Å². The van der Waals surface area contributed by atoms with Crippen LogP contribution in [0.5, 0.6) is 0 Å². The lowest BCUT2D eigenvalue weighted by Crippen LogP contribution is -2.14. The summed E-state index contributed by atoms with van der Waals surface area (Å²) in [5.74, 6) is 0.374. The maximum absolute atomic E-state index is 8.87. The topological polar surface area (TPSA) is 40.5 Å². The Balaban J connectivity index is 3.90. The maximum Gasteiger partial charge on any atom is 0.0502 e. The highest BCUT2D eigenvalue weighted by Gasteiger charge is 2.11. The fraction of sp³-hybridized carbons (Fsp3) is 0.667. The molecule has 0 heterocycles. The minimum atomic E-state index is 0.0830. The van der Waals surface area contributed by atoms with Crippen LogP contribution in [0.4, 0.5) is 0 Å². The summed E-state index contributed by atoms with van der Waals surface area (Å²) < 4.78 is 0. The highest BCUT2D eigenvalue weighted by Crippen LogP contribution is 2.15. The molecule has 0 spiro atoms. The quantitative estimate of drug-likeness (QED) is 0.582. The van der Waals surface area contributed by atoms with E-state index in [4.69, 9.17) is 10.2 Å². The van der Waals surface area contributed by atoms with Crippen LogP contribution in [0, 0.1) is 11.8 Å². The molecule has 11 heavy (non-hydrogen) atoms. The molecule has 0 fully saturated rings. The van der Waals surface area contributed by atoms with E-state index in [1.165, 1.54) is 0 Å². The van der Waals surface area contributed by atoms with Gasteiger partial charge < -0.3 is 10.2 Å². The Labute approximate surface area is 67.9 Å². The largest absolute Gasteiger partial charge is 0.396 e. The molecule has 0 aromatic rings. The van der Waals surface area contributed by atoms with E-state index >= 15 is 0 Å². The third-order valence-electron chi connectivity index (χ3n) is 1.86. The predicted molar refractivity (Wildman–Crippen MR) is 45.2 cm³/mol. The number of rotatable bonds is 5. The monoisotopic (exact) mass is 156 g/mol. The lowest BCUT2D eigenvalue weighted by atomic mass is 9.92. The summed E-state index contributed by atoms with van der Waals surface area (Å²) in [5, 5.41) is 17.5. The van der Waals surface area contributed by atoms with E-state index in [1.807, 2.05) is 6.92 Å². The molecule has 0 aliphatic heterocycles. The van der Waals surface area contributed by atoms with Gasteiger partial charge in [0.15, 0.2) is 0 Å². The van der Waals surface area contributed by atoms with Crippen molar-refractivity contribution in [1.29, 1.82) is 0 Å². The van der Waals surface area contributed by atoms with Gasteiger partial charge in [-0.05, 0) is 18.4 Å². The van der Waals surface area contributed by atoms with Gasteiger partial charge in [-0.25, -0.2) is 0 Å². The summed E-state index contributed by atoms with van der Waals surface area (Å²) in [4.78, 5) is 0. The van der Waals surface area contributed by atoms with Crippen LogP contribution < -0.4 is 0 Å². The van der Waals surface area contributed by atoms with Gasteiger partial charge in [-0.1, -0.05) is 13.5 Å². The zero-order valence-corrected chi connectivity index (χ0v) is 6.95. The molecule has 0 rings (SSSR count). The van der Waals surface area contributed by atoms with E-state index in [0.717, 1.165) is 0 Å². The maximum atomic E-state index is 8.87. The Morgan fingerprint density at radius 2 is 2.18 bits per heavy atom. The molecular weight excluding hydrogens is 140 g/mol. The Morgan fingerprint density at radius 1 is 1.55 bits per heavy atom.